The van der Waals surface area contributed by atoms with Crippen molar-refractivity contribution in [1.82, 2.24) is 5.32 Å². The highest BCUT2D eigenvalue weighted by atomic mass is 16.6. The van der Waals surface area contributed by atoms with Gasteiger partial charge in [0.25, 0.3) is 5.69 Å². The van der Waals surface area contributed by atoms with Crippen LogP contribution < -0.4 is 15.4 Å². The van der Waals surface area contributed by atoms with Gasteiger partial charge >= 0.3 is 6.03 Å². The molecule has 0 radical (unpaired) electrons. The molecule has 0 aliphatic rings. The van der Waals surface area contributed by atoms with Gasteiger partial charge in [0, 0.05) is 17.8 Å². The van der Waals surface area contributed by atoms with Gasteiger partial charge in [-0.05, 0) is 18.2 Å². The van der Waals surface area contributed by atoms with Gasteiger partial charge in [0.1, 0.15) is 5.75 Å². The minimum absolute atomic E-state index is 0.00915. The predicted molar refractivity (Wildman–Crippen MR) is 77.2 cm³/mol. The van der Waals surface area contributed by atoms with Gasteiger partial charge in [-0.15, -0.1) is 0 Å². The summed E-state index contributed by atoms with van der Waals surface area (Å²) in [7, 11) is 0. The Balaban J connectivity index is 1.82. The van der Waals surface area contributed by atoms with Gasteiger partial charge in [-0.2, -0.15) is 0 Å². The maximum Gasteiger partial charge on any atom is 0.321 e. The largest absolute Gasteiger partial charge is 0.473 e. The number of nitrogens with zero attached hydrogens (tertiary/aromatic N) is 1. The number of carbonyl (C=O) groups is 1. The number of para-hydroxylation sites is 1. The lowest BCUT2D eigenvalue weighted by molar-refractivity contribution is -0.384. The van der Waals surface area contributed by atoms with E-state index in [1.165, 1.54) is 18.2 Å². The highest BCUT2D eigenvalue weighted by molar-refractivity contribution is 5.89. The quantitative estimate of drug-likeness (QED) is 0.502. The number of amides is 2. The van der Waals surface area contributed by atoms with Crippen LogP contribution in [0.1, 0.15) is 0 Å². The fraction of sp³-hybridized carbons (Fsp3) is 0.0714. The summed E-state index contributed by atoms with van der Waals surface area (Å²) >= 11 is 0. The molecule has 0 heterocycles. The highest BCUT2D eigenvalue weighted by Gasteiger charge is 2.07. The van der Waals surface area contributed by atoms with Crippen molar-refractivity contribution >= 4 is 17.4 Å². The number of hydrogen-bond donors (Lipinski definition) is 2. The Morgan fingerprint density at radius 1 is 1.14 bits per heavy atom. The van der Waals surface area contributed by atoms with Crippen molar-refractivity contribution < 1.29 is 14.5 Å². The fourth-order valence-electron chi connectivity index (χ4n) is 1.57. The monoisotopic (exact) mass is 287 g/mol. The lowest BCUT2D eigenvalue weighted by Gasteiger charge is -2.09. The van der Waals surface area contributed by atoms with Crippen LogP contribution in [-0.4, -0.2) is 17.7 Å². The van der Waals surface area contributed by atoms with E-state index in [4.69, 9.17) is 4.74 Å². The van der Waals surface area contributed by atoms with E-state index >= 15 is 0 Å². The average Bonchev–Trinajstić information content (AvgIpc) is 2.48. The molecule has 0 bridgehead atoms. The van der Waals surface area contributed by atoms with Crippen molar-refractivity contribution in [3.05, 3.63) is 64.7 Å². The van der Waals surface area contributed by atoms with Crippen molar-refractivity contribution in [2.75, 3.05) is 12.0 Å². The number of nitro benzene ring substituents is 1. The third kappa shape index (κ3) is 4.50. The number of anilines is 1. The summed E-state index contributed by atoms with van der Waals surface area (Å²) in [5, 5.41) is 15.6. The molecule has 0 spiro atoms. The highest BCUT2D eigenvalue weighted by Crippen LogP contribution is 2.16. The number of ether oxygens (including phenoxy) is 1. The fourth-order valence-corrected chi connectivity index (χ4v) is 1.57. The SMILES string of the molecule is O=C(NCOc1ccccc1)Nc1cccc([N+](=O)[O-])c1. The summed E-state index contributed by atoms with van der Waals surface area (Å²) in [4.78, 5) is 21.7. The van der Waals surface area contributed by atoms with Crippen LogP contribution in [0.4, 0.5) is 16.2 Å². The molecule has 0 saturated carbocycles. The Bertz CT molecular complexity index is 631. The van der Waals surface area contributed by atoms with E-state index in [0.29, 0.717) is 11.4 Å². The number of hydrogen-bond acceptors (Lipinski definition) is 4. The molecule has 0 aliphatic carbocycles. The smallest absolute Gasteiger partial charge is 0.321 e. The number of rotatable bonds is 5. The number of benzene rings is 2. The first-order valence-electron chi connectivity index (χ1n) is 6.12. The van der Waals surface area contributed by atoms with E-state index in [1.54, 1.807) is 18.2 Å². The molecule has 0 saturated heterocycles. The maximum absolute atomic E-state index is 11.6. The number of nitro groups is 1. The van der Waals surface area contributed by atoms with Crippen LogP contribution >= 0.6 is 0 Å². The molecular formula is C14H13N3O4. The Morgan fingerprint density at radius 3 is 2.62 bits per heavy atom. The molecule has 0 fully saturated rings. The van der Waals surface area contributed by atoms with E-state index in [0.717, 1.165) is 0 Å². The Labute approximate surface area is 120 Å². The van der Waals surface area contributed by atoms with Crippen molar-refractivity contribution in [3.8, 4) is 5.75 Å². The minimum Gasteiger partial charge on any atom is -0.473 e. The summed E-state index contributed by atoms with van der Waals surface area (Å²) in [5.74, 6) is 0.633. The van der Waals surface area contributed by atoms with Gasteiger partial charge in [-0.3, -0.25) is 10.1 Å². The molecule has 21 heavy (non-hydrogen) atoms. The molecule has 2 N–H and O–H groups in total. The topological polar surface area (TPSA) is 93.5 Å². The third-order valence-corrected chi connectivity index (χ3v) is 2.53. The number of urea groups is 1. The Morgan fingerprint density at radius 2 is 1.90 bits per heavy atom. The molecule has 7 heteroatoms. The summed E-state index contributed by atoms with van der Waals surface area (Å²) in [6.07, 6.45) is 0. The van der Waals surface area contributed by atoms with E-state index in [1.807, 2.05) is 18.2 Å². The van der Waals surface area contributed by atoms with Gasteiger partial charge in [-0.1, -0.05) is 24.3 Å². The lowest BCUT2D eigenvalue weighted by Crippen LogP contribution is -2.32. The Hall–Kier alpha value is -3.09. The zero-order chi connectivity index (χ0) is 15.1. The summed E-state index contributed by atoms with van der Waals surface area (Å²) in [6.45, 7) is -0.00915. The van der Waals surface area contributed by atoms with Crippen molar-refractivity contribution in [2.24, 2.45) is 0 Å². The van der Waals surface area contributed by atoms with Crippen LogP contribution in [0.2, 0.25) is 0 Å². The van der Waals surface area contributed by atoms with Gasteiger partial charge in [0.15, 0.2) is 6.73 Å². The number of non-ortho nitro benzene ring substituents is 1. The first kappa shape index (κ1) is 14.3. The van der Waals surface area contributed by atoms with Crippen LogP contribution in [0, 0.1) is 10.1 Å². The molecule has 0 unspecified atom stereocenters. The van der Waals surface area contributed by atoms with Crippen molar-refractivity contribution in [2.45, 2.75) is 0 Å². The van der Waals surface area contributed by atoms with Crippen molar-refractivity contribution in [1.29, 1.82) is 0 Å². The van der Waals surface area contributed by atoms with E-state index < -0.39 is 11.0 Å². The number of nitrogens with one attached hydrogen (secondary N) is 2. The van der Waals surface area contributed by atoms with E-state index in [-0.39, 0.29) is 12.4 Å². The van der Waals surface area contributed by atoms with Gasteiger partial charge in [-0.25, -0.2) is 4.79 Å². The van der Waals surface area contributed by atoms with E-state index in [2.05, 4.69) is 10.6 Å². The predicted octanol–water partition coefficient (Wildman–Crippen LogP) is 2.75. The number of carbonyl (C=O) groups excluding carboxylic acids is 1. The molecule has 7 nitrogen and oxygen atoms in total. The summed E-state index contributed by atoms with van der Waals surface area (Å²) in [6, 6.07) is 14.2. The van der Waals surface area contributed by atoms with Crippen molar-refractivity contribution in [3.63, 3.8) is 0 Å². The molecule has 108 valence electrons. The van der Waals surface area contributed by atoms with E-state index in [9.17, 15) is 14.9 Å². The zero-order valence-corrected chi connectivity index (χ0v) is 11.0. The average molecular weight is 287 g/mol. The first-order valence-corrected chi connectivity index (χ1v) is 6.12. The second-order valence-electron chi connectivity index (χ2n) is 4.04. The maximum atomic E-state index is 11.6. The summed E-state index contributed by atoms with van der Waals surface area (Å²) < 4.78 is 5.30. The molecule has 2 aromatic carbocycles. The first-order chi connectivity index (χ1) is 10.1. The second kappa shape index (κ2) is 6.90. The molecule has 0 aromatic heterocycles. The second-order valence-corrected chi connectivity index (χ2v) is 4.04. The molecule has 2 rings (SSSR count). The third-order valence-electron chi connectivity index (χ3n) is 2.53. The van der Waals surface area contributed by atoms with Gasteiger partial charge < -0.3 is 15.4 Å². The molecule has 2 aromatic rings. The van der Waals surface area contributed by atoms with Crippen LogP contribution in [0.5, 0.6) is 5.75 Å². The standard InChI is InChI=1S/C14H13N3O4/c18-14(15-10-21-13-7-2-1-3-8-13)16-11-5-4-6-12(9-11)17(19)20/h1-9H,10H2,(H2,15,16,18). The zero-order valence-electron chi connectivity index (χ0n) is 11.0. The van der Waals surface area contributed by atoms with Crippen LogP contribution in [0.3, 0.4) is 0 Å². The molecule has 2 amide bonds. The molecule has 0 aliphatic heterocycles. The van der Waals surface area contributed by atoms with Crippen LogP contribution in [0.25, 0.3) is 0 Å². The lowest BCUT2D eigenvalue weighted by atomic mass is 10.3. The van der Waals surface area contributed by atoms with Gasteiger partial charge in [0.05, 0.1) is 4.92 Å². The summed E-state index contributed by atoms with van der Waals surface area (Å²) in [5.41, 5.74) is 0.245. The molecule has 0 atom stereocenters. The normalized spacial score (nSPS) is 9.71. The minimum atomic E-state index is -0.526. The van der Waals surface area contributed by atoms with Crippen LogP contribution in [0.15, 0.2) is 54.6 Å². The van der Waals surface area contributed by atoms with Crippen LogP contribution in [-0.2, 0) is 0 Å². The molecular weight excluding hydrogens is 274 g/mol. The Kier molecular flexibility index (Phi) is 4.70. The van der Waals surface area contributed by atoms with Gasteiger partial charge in [0.2, 0.25) is 0 Å².